The SMILES string of the molecule is CC(C)(C)C1CC2C3B(C4CC(C5CCCCC5)CCC4N2C2C(C4CCCCC4)CC(C4CCCCC4)CC2C2CCCCC2)C2CCC(C4CC5CCCC6C7CCCC8CCCC(C(C4)C56)C87)CC2N(C2C(C4CCCCC4)CC(C4CCCCC4)CC2C2CCCCC2)C3C1. The fourth-order valence-electron chi connectivity index (χ4n) is 36.4. The second-order valence-corrected chi connectivity index (χ2v) is 44.6. The molecule has 0 spiro atoms. The highest BCUT2D eigenvalue weighted by Crippen LogP contribution is 2.71. The second-order valence-electron chi connectivity index (χ2n) is 44.6. The van der Waals surface area contributed by atoms with Crippen LogP contribution >= 0.6 is 0 Å². The molecular formula is C96H159BN2. The van der Waals surface area contributed by atoms with Crippen molar-refractivity contribution in [2.75, 3.05) is 0 Å². The first-order valence-corrected chi connectivity index (χ1v) is 48.3. The van der Waals surface area contributed by atoms with Crippen LogP contribution in [-0.2, 0) is 0 Å². The van der Waals surface area contributed by atoms with Gasteiger partial charge in [-0.05, 0) is 261 Å². The van der Waals surface area contributed by atoms with Gasteiger partial charge < -0.3 is 0 Å². The van der Waals surface area contributed by atoms with Gasteiger partial charge in [-0.3, -0.25) is 9.80 Å². The summed E-state index contributed by atoms with van der Waals surface area (Å²) in [6.45, 7) is 9.60. The molecule has 2 aliphatic heterocycles. The number of hydrogen-bond acceptors (Lipinski definition) is 2. The summed E-state index contributed by atoms with van der Waals surface area (Å²) in [7, 11) is 0. The van der Waals surface area contributed by atoms with Crippen LogP contribution in [-0.4, -0.2) is 52.8 Å². The molecule has 19 fully saturated rings. The van der Waals surface area contributed by atoms with E-state index in [1.807, 2.05) is 0 Å². The van der Waals surface area contributed by atoms with Crippen LogP contribution in [0.5, 0.6) is 0 Å². The van der Waals surface area contributed by atoms with Gasteiger partial charge in [-0.1, -0.05) is 303 Å². The van der Waals surface area contributed by atoms with E-state index in [1.54, 1.807) is 366 Å². The molecule has 19 aliphatic rings. The summed E-state index contributed by atoms with van der Waals surface area (Å²) in [6.07, 6.45) is 92.8. The van der Waals surface area contributed by atoms with Crippen molar-refractivity contribution in [1.82, 2.24) is 9.80 Å². The van der Waals surface area contributed by atoms with Gasteiger partial charge in [0, 0.05) is 36.3 Å². The third kappa shape index (κ3) is 13.2. The van der Waals surface area contributed by atoms with E-state index in [1.165, 1.54) is 6.42 Å². The number of fused-ring (bicyclic) bond motifs is 6. The lowest BCUT2D eigenvalue weighted by Crippen LogP contribution is -2.77. The highest BCUT2D eigenvalue weighted by Gasteiger charge is 2.70. The van der Waals surface area contributed by atoms with Gasteiger partial charge in [0.25, 0.3) is 0 Å². The molecule has 2 nitrogen and oxygen atoms in total. The molecular weight excluding hydrogens is 1190 g/mol. The summed E-state index contributed by atoms with van der Waals surface area (Å²) in [5.41, 5.74) is 0.361. The molecule has 99 heavy (non-hydrogen) atoms. The molecule has 23 atom stereocenters. The monoisotopic (exact) mass is 1350 g/mol. The molecule has 0 aromatic rings. The predicted octanol–water partition coefficient (Wildman–Crippen LogP) is 26.7. The fraction of sp³-hybridized carbons (Fsp3) is 1.00. The number of nitrogens with zero attached hydrogens (tertiary/aromatic N) is 2. The quantitative estimate of drug-likeness (QED) is 0.201. The summed E-state index contributed by atoms with van der Waals surface area (Å²) in [5.74, 6) is 28.9. The van der Waals surface area contributed by atoms with Crippen LogP contribution in [0, 0.1) is 153 Å². The van der Waals surface area contributed by atoms with Crippen LogP contribution < -0.4 is 0 Å². The molecule has 0 aromatic heterocycles. The van der Waals surface area contributed by atoms with Gasteiger partial charge in [0.2, 0.25) is 0 Å². The average molecular weight is 1350 g/mol. The Morgan fingerprint density at radius 2 is 0.556 bits per heavy atom. The van der Waals surface area contributed by atoms with E-state index in [9.17, 15) is 0 Å². The van der Waals surface area contributed by atoms with E-state index in [0.717, 1.165) is 208 Å². The number of rotatable bonds is 10. The molecule has 19 rings (SSSR count). The van der Waals surface area contributed by atoms with E-state index >= 15 is 0 Å². The van der Waals surface area contributed by atoms with E-state index in [0.29, 0.717) is 5.41 Å². The number of hydrogen-bond donors (Lipinski definition) is 0. The second kappa shape index (κ2) is 30.1. The molecule has 23 unspecified atom stereocenters. The van der Waals surface area contributed by atoms with Gasteiger partial charge in [-0.2, -0.15) is 0 Å². The minimum atomic E-state index is 0.361. The minimum Gasteiger partial charge on any atom is -0.295 e. The van der Waals surface area contributed by atoms with Crippen molar-refractivity contribution in [2.45, 2.75) is 447 Å². The van der Waals surface area contributed by atoms with Crippen molar-refractivity contribution in [3.63, 3.8) is 0 Å². The molecule has 2 saturated heterocycles. The molecule has 0 aromatic carbocycles. The van der Waals surface area contributed by atoms with Gasteiger partial charge >= 0.3 is 0 Å². The van der Waals surface area contributed by atoms with Crippen molar-refractivity contribution in [3.8, 4) is 0 Å². The minimum absolute atomic E-state index is 0.361. The summed E-state index contributed by atoms with van der Waals surface area (Å²) >= 11 is 0. The van der Waals surface area contributed by atoms with E-state index in [-0.39, 0.29) is 0 Å². The largest absolute Gasteiger partial charge is 0.295 e. The lowest BCUT2D eigenvalue weighted by atomic mass is 9.17. The Morgan fingerprint density at radius 1 is 0.212 bits per heavy atom. The maximum Gasteiger partial charge on any atom is 0.156 e. The van der Waals surface area contributed by atoms with E-state index in [2.05, 4.69) is 30.6 Å². The molecule has 2 heterocycles. The maximum atomic E-state index is 4.04. The van der Waals surface area contributed by atoms with Crippen LogP contribution in [0.2, 0.25) is 17.5 Å². The molecule has 3 heteroatoms. The summed E-state index contributed by atoms with van der Waals surface area (Å²) in [5, 5.41) is 0. The molecule has 0 N–H and O–H groups in total. The normalized spacial score (nSPS) is 49.4. The Morgan fingerprint density at radius 3 is 1.00 bits per heavy atom. The first kappa shape index (κ1) is 69.4. The molecule has 0 bridgehead atoms. The van der Waals surface area contributed by atoms with Crippen molar-refractivity contribution < 1.29 is 0 Å². The van der Waals surface area contributed by atoms with Gasteiger partial charge in [0.15, 0.2) is 6.71 Å². The maximum absolute atomic E-state index is 4.04. The van der Waals surface area contributed by atoms with Crippen molar-refractivity contribution >= 4 is 6.71 Å². The van der Waals surface area contributed by atoms with Crippen molar-refractivity contribution in [1.29, 1.82) is 0 Å². The first-order valence-electron chi connectivity index (χ1n) is 48.3. The standard InChI is InChI=1S/C96H159BN2/c1-96(2,3)76-60-89-93-90(61-76)99(95-82(67-38-21-9-22-39-67)55-75(64-32-15-6-16-33-64)56-83(95)68-40-23-10-24-41-68)88-59-71(73-52-72-44-27-46-78-77-45-25-42-69-43-26-47-79(91(69)77)84(57-73)92(72)78)48-50-85(88)97(93)86-58-70(62-28-11-4-12-29-62)49-51-87(86)98(89)94-80(65-34-17-7-18-35-65)53-74(63-30-13-5-14-31-63)54-81(94)66-36-19-8-20-37-66/h62-95H,4-61H2,1-3H3. The lowest BCUT2D eigenvalue weighted by molar-refractivity contribution is -0.157. The van der Waals surface area contributed by atoms with Crippen LogP contribution in [0.4, 0.5) is 0 Å². The van der Waals surface area contributed by atoms with Gasteiger partial charge in [0.05, 0.1) is 0 Å². The third-order valence-corrected chi connectivity index (χ3v) is 40.0. The molecule has 556 valence electrons. The zero-order valence-corrected chi connectivity index (χ0v) is 65.6. The summed E-state index contributed by atoms with van der Waals surface area (Å²) in [6, 6.07) is 5.20. The Bertz CT molecular complexity index is 2520. The van der Waals surface area contributed by atoms with Crippen molar-refractivity contribution in [2.24, 2.45) is 153 Å². The lowest BCUT2D eigenvalue weighted by Gasteiger charge is -2.73. The highest BCUT2D eigenvalue weighted by molar-refractivity contribution is 6.65. The topological polar surface area (TPSA) is 6.48 Å². The van der Waals surface area contributed by atoms with Gasteiger partial charge in [-0.25, -0.2) is 0 Å². The van der Waals surface area contributed by atoms with Crippen LogP contribution in [0.15, 0.2) is 0 Å². The zero-order chi connectivity index (χ0) is 65.9. The van der Waals surface area contributed by atoms with E-state index in [4.69, 9.17) is 0 Å². The van der Waals surface area contributed by atoms with Crippen LogP contribution in [0.1, 0.15) is 393 Å². The molecule has 17 aliphatic carbocycles. The molecule has 17 saturated carbocycles. The first-order chi connectivity index (χ1) is 48.8. The van der Waals surface area contributed by atoms with Crippen molar-refractivity contribution in [3.05, 3.63) is 0 Å². The fourth-order valence-corrected chi connectivity index (χ4v) is 36.4. The highest BCUT2D eigenvalue weighted by atomic mass is 15.3. The summed E-state index contributed by atoms with van der Waals surface area (Å²) in [4.78, 5) is 7.99. The molecule has 0 radical (unpaired) electrons. The Labute approximate surface area is 613 Å². The van der Waals surface area contributed by atoms with Gasteiger partial charge in [-0.15, -0.1) is 0 Å². The average Bonchev–Trinajstić information content (AvgIpc) is 0.692. The zero-order valence-electron chi connectivity index (χ0n) is 65.6. The molecule has 0 amide bonds. The Kier molecular flexibility index (Phi) is 21.1. The smallest absolute Gasteiger partial charge is 0.156 e. The predicted molar refractivity (Wildman–Crippen MR) is 418 cm³/mol. The third-order valence-electron chi connectivity index (χ3n) is 40.0. The van der Waals surface area contributed by atoms with E-state index < -0.39 is 0 Å². The Hall–Kier alpha value is -0.0151. The van der Waals surface area contributed by atoms with Crippen LogP contribution in [0.25, 0.3) is 0 Å². The Balaban J connectivity index is 0.774. The summed E-state index contributed by atoms with van der Waals surface area (Å²) < 4.78 is 0. The van der Waals surface area contributed by atoms with Crippen LogP contribution in [0.3, 0.4) is 0 Å². The van der Waals surface area contributed by atoms with Gasteiger partial charge in [0.1, 0.15) is 0 Å².